The summed E-state index contributed by atoms with van der Waals surface area (Å²) in [7, 11) is 0. The van der Waals surface area contributed by atoms with Crippen LogP contribution in [0.4, 0.5) is 0 Å². The van der Waals surface area contributed by atoms with E-state index < -0.39 is 29.7 Å². The summed E-state index contributed by atoms with van der Waals surface area (Å²) in [5.41, 5.74) is 0. The Morgan fingerprint density at radius 1 is 1.00 bits per heavy atom. The second-order valence-electron chi connectivity index (χ2n) is 5.51. The molecular formula is C13H18O5. The van der Waals surface area contributed by atoms with Gasteiger partial charge in [0.1, 0.15) is 6.29 Å². The quantitative estimate of drug-likeness (QED) is 0.743. The van der Waals surface area contributed by atoms with Crippen LogP contribution >= 0.6 is 0 Å². The molecule has 0 saturated heterocycles. The van der Waals surface area contributed by atoms with E-state index in [4.69, 9.17) is 10.2 Å². The molecule has 5 heteroatoms. The van der Waals surface area contributed by atoms with Gasteiger partial charge < -0.3 is 15.0 Å². The highest BCUT2D eigenvalue weighted by Crippen LogP contribution is 2.47. The molecule has 0 aliphatic heterocycles. The maximum atomic E-state index is 11.2. The Hall–Kier alpha value is -1.39. The van der Waals surface area contributed by atoms with Crippen LogP contribution in [0.5, 0.6) is 0 Å². The first-order valence-corrected chi connectivity index (χ1v) is 6.45. The van der Waals surface area contributed by atoms with Crippen LogP contribution in [0, 0.1) is 29.6 Å². The molecule has 2 N–H and O–H groups in total. The van der Waals surface area contributed by atoms with Crippen molar-refractivity contribution in [1.29, 1.82) is 0 Å². The molecule has 0 aromatic carbocycles. The summed E-state index contributed by atoms with van der Waals surface area (Å²) in [4.78, 5) is 33.4. The Kier molecular flexibility index (Phi) is 3.68. The van der Waals surface area contributed by atoms with Crippen molar-refractivity contribution >= 4 is 18.2 Å². The monoisotopic (exact) mass is 254 g/mol. The standard InChI is InChI=1S/C13H18O5/c14-6-11-9(13(17)18)4-3-7-1-2-8(12(15)16)5-10(7)11/h6-11H,1-5H2,(H,15,16)(H,17,18). The Morgan fingerprint density at radius 3 is 2.22 bits per heavy atom. The molecule has 2 aliphatic carbocycles. The predicted molar refractivity (Wildman–Crippen MR) is 61.9 cm³/mol. The second kappa shape index (κ2) is 5.08. The molecule has 2 aliphatic rings. The fourth-order valence-electron chi connectivity index (χ4n) is 3.69. The molecule has 2 rings (SSSR count). The normalized spacial score (nSPS) is 39.7. The van der Waals surface area contributed by atoms with E-state index in [1.165, 1.54) is 0 Å². The average Bonchev–Trinajstić information content (AvgIpc) is 2.36. The molecule has 0 bridgehead atoms. The minimum Gasteiger partial charge on any atom is -0.481 e. The van der Waals surface area contributed by atoms with Crippen LogP contribution in [-0.4, -0.2) is 28.4 Å². The topological polar surface area (TPSA) is 91.7 Å². The van der Waals surface area contributed by atoms with Crippen LogP contribution in [-0.2, 0) is 14.4 Å². The van der Waals surface area contributed by atoms with Gasteiger partial charge in [-0.1, -0.05) is 0 Å². The van der Waals surface area contributed by atoms with E-state index in [9.17, 15) is 14.4 Å². The zero-order valence-corrected chi connectivity index (χ0v) is 10.1. The number of aldehydes is 1. The molecule has 2 saturated carbocycles. The van der Waals surface area contributed by atoms with E-state index in [1.807, 2.05) is 0 Å². The van der Waals surface area contributed by atoms with Gasteiger partial charge in [-0.25, -0.2) is 0 Å². The zero-order valence-electron chi connectivity index (χ0n) is 10.1. The van der Waals surface area contributed by atoms with Crippen molar-refractivity contribution in [1.82, 2.24) is 0 Å². The number of carbonyl (C=O) groups excluding carboxylic acids is 1. The molecular weight excluding hydrogens is 236 g/mol. The first-order valence-electron chi connectivity index (χ1n) is 6.45. The number of fused-ring (bicyclic) bond motifs is 1. The van der Waals surface area contributed by atoms with E-state index in [-0.39, 0.29) is 5.92 Å². The Balaban J connectivity index is 2.16. The van der Waals surface area contributed by atoms with Crippen molar-refractivity contribution in [3.05, 3.63) is 0 Å². The van der Waals surface area contributed by atoms with Crippen molar-refractivity contribution in [2.45, 2.75) is 32.1 Å². The lowest BCUT2D eigenvalue weighted by atomic mass is 9.60. The second-order valence-corrected chi connectivity index (χ2v) is 5.51. The molecule has 0 spiro atoms. The molecule has 100 valence electrons. The van der Waals surface area contributed by atoms with Crippen LogP contribution in [0.25, 0.3) is 0 Å². The van der Waals surface area contributed by atoms with Gasteiger partial charge in [0, 0.05) is 5.92 Å². The molecule has 0 aromatic heterocycles. The fourth-order valence-corrected chi connectivity index (χ4v) is 3.69. The number of hydrogen-bond acceptors (Lipinski definition) is 3. The van der Waals surface area contributed by atoms with Gasteiger partial charge in [0.2, 0.25) is 0 Å². The van der Waals surface area contributed by atoms with Crippen LogP contribution in [0.2, 0.25) is 0 Å². The largest absolute Gasteiger partial charge is 0.481 e. The van der Waals surface area contributed by atoms with Crippen molar-refractivity contribution in [3.8, 4) is 0 Å². The highest BCUT2D eigenvalue weighted by Gasteiger charge is 2.46. The Morgan fingerprint density at radius 2 is 1.67 bits per heavy atom. The number of aliphatic carboxylic acids is 2. The maximum absolute atomic E-state index is 11.2. The maximum Gasteiger partial charge on any atom is 0.307 e. The van der Waals surface area contributed by atoms with Crippen LogP contribution in [0.15, 0.2) is 0 Å². The minimum atomic E-state index is -0.928. The SMILES string of the molecule is O=CC1C(C(=O)O)CCC2CCC(C(=O)O)CC21. The molecule has 18 heavy (non-hydrogen) atoms. The smallest absolute Gasteiger partial charge is 0.307 e. The first-order chi connectivity index (χ1) is 8.54. The summed E-state index contributed by atoms with van der Waals surface area (Å²) < 4.78 is 0. The van der Waals surface area contributed by atoms with E-state index in [1.54, 1.807) is 0 Å². The lowest BCUT2D eigenvalue weighted by Gasteiger charge is -2.43. The van der Waals surface area contributed by atoms with Gasteiger partial charge in [-0.3, -0.25) is 9.59 Å². The Bertz CT molecular complexity index is 362. The summed E-state index contributed by atoms with van der Waals surface area (Å²) in [5.74, 6) is -3.04. The summed E-state index contributed by atoms with van der Waals surface area (Å²) in [6, 6.07) is 0. The van der Waals surface area contributed by atoms with Crippen molar-refractivity contribution in [2.24, 2.45) is 29.6 Å². The number of hydrogen-bond donors (Lipinski definition) is 2. The van der Waals surface area contributed by atoms with E-state index in [0.717, 1.165) is 19.1 Å². The lowest BCUT2D eigenvalue weighted by Crippen LogP contribution is -2.43. The summed E-state index contributed by atoms with van der Waals surface area (Å²) in [6.07, 6.45) is 3.99. The van der Waals surface area contributed by atoms with E-state index in [2.05, 4.69) is 0 Å². The molecule has 5 atom stereocenters. The number of carboxylic acids is 2. The average molecular weight is 254 g/mol. The van der Waals surface area contributed by atoms with Crippen molar-refractivity contribution in [2.75, 3.05) is 0 Å². The van der Waals surface area contributed by atoms with Gasteiger partial charge in [-0.15, -0.1) is 0 Å². The number of carboxylic acid groups (broad SMARTS) is 2. The van der Waals surface area contributed by atoms with Gasteiger partial charge in [-0.2, -0.15) is 0 Å². The third-order valence-corrected chi connectivity index (χ3v) is 4.68. The molecule has 2 fully saturated rings. The van der Waals surface area contributed by atoms with Crippen molar-refractivity contribution in [3.63, 3.8) is 0 Å². The highest BCUT2D eigenvalue weighted by atomic mass is 16.4. The first kappa shape index (κ1) is 13.1. The fraction of sp³-hybridized carbons (Fsp3) is 0.769. The molecule has 0 amide bonds. The summed E-state index contributed by atoms with van der Waals surface area (Å²) >= 11 is 0. The third-order valence-electron chi connectivity index (χ3n) is 4.68. The van der Waals surface area contributed by atoms with Gasteiger partial charge in [0.25, 0.3) is 0 Å². The molecule has 0 aromatic rings. The predicted octanol–water partition coefficient (Wildman–Crippen LogP) is 1.41. The van der Waals surface area contributed by atoms with Crippen molar-refractivity contribution < 1.29 is 24.6 Å². The van der Waals surface area contributed by atoms with Gasteiger partial charge >= 0.3 is 11.9 Å². The molecule has 0 radical (unpaired) electrons. The Labute approximate surface area is 105 Å². The van der Waals surface area contributed by atoms with Gasteiger partial charge in [-0.05, 0) is 43.9 Å². The van der Waals surface area contributed by atoms with Gasteiger partial charge in [0.05, 0.1) is 11.8 Å². The van der Waals surface area contributed by atoms with Gasteiger partial charge in [0.15, 0.2) is 0 Å². The van der Waals surface area contributed by atoms with Crippen LogP contribution < -0.4 is 0 Å². The summed E-state index contributed by atoms with van der Waals surface area (Å²) in [6.45, 7) is 0. The van der Waals surface area contributed by atoms with E-state index in [0.29, 0.717) is 25.2 Å². The van der Waals surface area contributed by atoms with Crippen LogP contribution in [0.1, 0.15) is 32.1 Å². The number of carbonyl (C=O) groups is 3. The summed E-state index contributed by atoms with van der Waals surface area (Å²) in [5, 5.41) is 18.2. The van der Waals surface area contributed by atoms with Crippen LogP contribution in [0.3, 0.4) is 0 Å². The highest BCUT2D eigenvalue weighted by molar-refractivity contribution is 5.75. The third kappa shape index (κ3) is 2.26. The molecule has 0 heterocycles. The minimum absolute atomic E-state index is 0.0628. The number of rotatable bonds is 3. The van der Waals surface area contributed by atoms with E-state index >= 15 is 0 Å². The lowest BCUT2D eigenvalue weighted by molar-refractivity contribution is -0.152. The molecule has 5 nitrogen and oxygen atoms in total. The molecule has 5 unspecified atom stereocenters. The zero-order chi connectivity index (χ0) is 13.3.